The summed E-state index contributed by atoms with van der Waals surface area (Å²) in [4.78, 5) is 19.7. The van der Waals surface area contributed by atoms with E-state index in [1.807, 2.05) is 0 Å². The van der Waals surface area contributed by atoms with Gasteiger partial charge in [0.05, 0.1) is 10.7 Å². The van der Waals surface area contributed by atoms with Crippen LogP contribution in [0.2, 0.25) is 10.0 Å². The van der Waals surface area contributed by atoms with Gasteiger partial charge < -0.3 is 9.94 Å². The predicted octanol–water partition coefficient (Wildman–Crippen LogP) is 3.02. The molecular weight excluding hydrogens is 348 g/mol. The van der Waals surface area contributed by atoms with Crippen molar-refractivity contribution in [1.82, 2.24) is 9.71 Å². The van der Waals surface area contributed by atoms with Crippen LogP contribution in [0.1, 0.15) is 5.82 Å². The molecule has 1 aromatic heterocycles. The molecule has 0 aliphatic carbocycles. The van der Waals surface area contributed by atoms with Crippen molar-refractivity contribution in [2.75, 3.05) is 0 Å². The number of hydrogen-bond acceptors (Lipinski definition) is 4. The van der Waals surface area contributed by atoms with Gasteiger partial charge in [-0.2, -0.15) is 8.78 Å². The van der Waals surface area contributed by atoms with Gasteiger partial charge in [-0.1, -0.05) is 23.2 Å². The molecule has 0 bridgehead atoms. The number of phenols is 1. The summed E-state index contributed by atoms with van der Waals surface area (Å²) in [6, 6.07) is 1.73. The summed E-state index contributed by atoms with van der Waals surface area (Å²) in [5.74, 6) is -1.64. The van der Waals surface area contributed by atoms with Crippen LogP contribution in [0, 0.1) is 12.7 Å². The Morgan fingerprint density at radius 2 is 2.00 bits per heavy atom. The molecule has 0 aliphatic rings. The Balaban J connectivity index is 2.69. The highest BCUT2D eigenvalue weighted by atomic mass is 35.5. The molecule has 0 atom stereocenters. The second kappa shape index (κ2) is 6.05. The summed E-state index contributed by atoms with van der Waals surface area (Å²) in [7, 11) is 0. The Labute approximate surface area is 131 Å². The molecule has 22 heavy (non-hydrogen) atoms. The van der Waals surface area contributed by atoms with Gasteiger partial charge in [0.25, 0.3) is 0 Å². The van der Waals surface area contributed by atoms with Gasteiger partial charge in [0.2, 0.25) is 0 Å². The number of nitrogens with zero attached hydrogens (tertiary/aromatic N) is 2. The quantitative estimate of drug-likeness (QED) is 0.920. The fourth-order valence-corrected chi connectivity index (χ4v) is 2.07. The number of aromatic hydroxyl groups is 1. The molecule has 0 aliphatic heterocycles. The minimum Gasteiger partial charge on any atom is -0.506 e. The van der Waals surface area contributed by atoms with Crippen LogP contribution < -0.4 is 10.4 Å². The number of aromatic nitrogens is 2. The Hall–Kier alpha value is -1.93. The summed E-state index contributed by atoms with van der Waals surface area (Å²) in [6.45, 7) is -2.08. The Bertz CT molecular complexity index is 796. The molecule has 2 aromatic rings. The lowest BCUT2D eigenvalue weighted by Crippen LogP contribution is -2.33. The standard InChI is InChI=1S/C12H7Cl2F3N2O3/c1-4-18-10(5-2-8(20)6(13)3-7(5)15)9(14)11(21)19(4)22-12(16)17/h2-3,12,20H,1H3. The molecule has 1 N–H and O–H groups in total. The first-order chi connectivity index (χ1) is 10.2. The summed E-state index contributed by atoms with van der Waals surface area (Å²) in [5.41, 5.74) is -1.78. The van der Waals surface area contributed by atoms with Crippen LogP contribution >= 0.6 is 23.2 Å². The first-order valence-electron chi connectivity index (χ1n) is 5.65. The zero-order valence-corrected chi connectivity index (χ0v) is 12.3. The van der Waals surface area contributed by atoms with Crippen molar-refractivity contribution in [1.29, 1.82) is 0 Å². The SMILES string of the molecule is Cc1nc(-c2cc(O)c(Cl)cc2F)c(Cl)c(=O)n1OC(F)F. The zero-order chi connectivity index (χ0) is 16.6. The van der Waals surface area contributed by atoms with E-state index in [1.165, 1.54) is 6.92 Å². The van der Waals surface area contributed by atoms with Gasteiger partial charge >= 0.3 is 12.2 Å². The van der Waals surface area contributed by atoms with Crippen molar-refractivity contribution in [3.63, 3.8) is 0 Å². The van der Waals surface area contributed by atoms with Gasteiger partial charge in [-0.25, -0.2) is 9.37 Å². The third kappa shape index (κ3) is 2.97. The van der Waals surface area contributed by atoms with Gasteiger partial charge in [0, 0.05) is 5.56 Å². The first-order valence-corrected chi connectivity index (χ1v) is 6.40. The summed E-state index contributed by atoms with van der Waals surface area (Å²) in [6.07, 6.45) is 0. The molecule has 0 fully saturated rings. The molecule has 10 heteroatoms. The fraction of sp³-hybridized carbons (Fsp3) is 0.167. The molecule has 0 amide bonds. The Kier molecular flexibility index (Phi) is 4.52. The number of halogens is 5. The van der Waals surface area contributed by atoms with Crippen molar-refractivity contribution in [3.05, 3.63) is 44.2 Å². The molecule has 1 heterocycles. The molecule has 0 unspecified atom stereocenters. The van der Waals surface area contributed by atoms with Crippen LogP contribution in [0.5, 0.6) is 5.75 Å². The van der Waals surface area contributed by atoms with Crippen LogP contribution in [-0.4, -0.2) is 21.4 Å². The van der Waals surface area contributed by atoms with E-state index < -0.39 is 28.8 Å². The molecule has 5 nitrogen and oxygen atoms in total. The minimum absolute atomic E-state index is 0.199. The normalized spacial score (nSPS) is 11.0. The Morgan fingerprint density at radius 3 is 2.59 bits per heavy atom. The maximum Gasteiger partial charge on any atom is 0.405 e. The average Bonchev–Trinajstić information content (AvgIpc) is 2.43. The Morgan fingerprint density at radius 1 is 1.36 bits per heavy atom. The van der Waals surface area contributed by atoms with Gasteiger partial charge in [0.1, 0.15) is 22.4 Å². The van der Waals surface area contributed by atoms with Crippen molar-refractivity contribution >= 4 is 23.2 Å². The van der Waals surface area contributed by atoms with E-state index in [2.05, 4.69) is 9.82 Å². The number of benzene rings is 1. The van der Waals surface area contributed by atoms with Crippen LogP contribution in [0.4, 0.5) is 13.2 Å². The number of rotatable bonds is 3. The number of aryl methyl sites for hydroxylation is 1. The topological polar surface area (TPSA) is 64.4 Å². The molecular formula is C12H7Cl2F3N2O3. The number of phenolic OH excluding ortho intramolecular Hbond substituents is 1. The van der Waals surface area contributed by atoms with Crippen molar-refractivity contribution < 1.29 is 23.1 Å². The van der Waals surface area contributed by atoms with Crippen LogP contribution in [0.3, 0.4) is 0 Å². The lowest BCUT2D eigenvalue weighted by molar-refractivity contribution is -0.138. The lowest BCUT2D eigenvalue weighted by atomic mass is 10.1. The minimum atomic E-state index is -3.27. The van der Waals surface area contributed by atoms with Gasteiger partial charge in [-0.3, -0.25) is 4.79 Å². The maximum absolute atomic E-state index is 13.9. The smallest absolute Gasteiger partial charge is 0.405 e. The van der Waals surface area contributed by atoms with Gasteiger partial charge in [-0.05, 0) is 19.1 Å². The van der Waals surface area contributed by atoms with E-state index in [-0.39, 0.29) is 26.8 Å². The number of alkyl halides is 2. The molecule has 0 radical (unpaired) electrons. The second-order valence-corrected chi connectivity index (χ2v) is 4.86. The molecule has 1 aromatic carbocycles. The van der Waals surface area contributed by atoms with Crippen molar-refractivity contribution in [2.24, 2.45) is 0 Å². The van der Waals surface area contributed by atoms with E-state index >= 15 is 0 Å². The molecule has 0 saturated heterocycles. The van der Waals surface area contributed by atoms with Crippen molar-refractivity contribution in [3.8, 4) is 17.0 Å². The highest BCUT2D eigenvalue weighted by Gasteiger charge is 2.21. The largest absolute Gasteiger partial charge is 0.506 e. The predicted molar refractivity (Wildman–Crippen MR) is 72.9 cm³/mol. The molecule has 0 saturated carbocycles. The van der Waals surface area contributed by atoms with E-state index in [0.29, 0.717) is 0 Å². The van der Waals surface area contributed by atoms with Crippen molar-refractivity contribution in [2.45, 2.75) is 13.5 Å². The van der Waals surface area contributed by atoms with E-state index in [4.69, 9.17) is 23.2 Å². The molecule has 0 spiro atoms. The first kappa shape index (κ1) is 16.4. The zero-order valence-electron chi connectivity index (χ0n) is 10.8. The molecule has 118 valence electrons. The van der Waals surface area contributed by atoms with Gasteiger partial charge in [0.15, 0.2) is 0 Å². The average molecular weight is 355 g/mol. The van der Waals surface area contributed by atoms with Crippen LogP contribution in [0.15, 0.2) is 16.9 Å². The second-order valence-electron chi connectivity index (χ2n) is 4.07. The monoisotopic (exact) mass is 354 g/mol. The van der Waals surface area contributed by atoms with E-state index in [1.54, 1.807) is 0 Å². The molecule has 2 rings (SSSR count). The summed E-state index contributed by atoms with van der Waals surface area (Å²) in [5, 5.41) is 8.62. The highest BCUT2D eigenvalue weighted by Crippen LogP contribution is 2.33. The number of hydrogen-bond donors (Lipinski definition) is 1. The summed E-state index contributed by atoms with van der Waals surface area (Å²) < 4.78 is 38.6. The third-order valence-corrected chi connectivity index (χ3v) is 3.27. The van der Waals surface area contributed by atoms with Crippen LogP contribution in [0.25, 0.3) is 11.3 Å². The maximum atomic E-state index is 13.9. The fourth-order valence-electron chi connectivity index (χ4n) is 1.70. The highest BCUT2D eigenvalue weighted by molar-refractivity contribution is 6.33. The van der Waals surface area contributed by atoms with E-state index in [9.17, 15) is 23.1 Å². The van der Waals surface area contributed by atoms with Crippen LogP contribution in [-0.2, 0) is 0 Å². The lowest BCUT2D eigenvalue weighted by Gasteiger charge is -2.13. The van der Waals surface area contributed by atoms with Gasteiger partial charge in [-0.15, -0.1) is 4.73 Å². The third-order valence-electron chi connectivity index (χ3n) is 2.62. The van der Waals surface area contributed by atoms with E-state index in [0.717, 1.165) is 12.1 Å². The summed E-state index contributed by atoms with van der Waals surface area (Å²) >= 11 is 11.3.